The SMILES string of the molecule is C[C@@H]1c2c(c3ccccc3[nH]c2=O)C[C@H]1c1ccccc1. The van der Waals surface area contributed by atoms with Crippen molar-refractivity contribution in [3.8, 4) is 0 Å². The lowest BCUT2D eigenvalue weighted by atomic mass is 9.88. The average Bonchev–Trinajstić information content (AvgIpc) is 2.87. The van der Waals surface area contributed by atoms with Gasteiger partial charge in [-0.2, -0.15) is 0 Å². The maximum atomic E-state index is 12.5. The highest BCUT2D eigenvalue weighted by molar-refractivity contribution is 5.84. The number of fused-ring (bicyclic) bond motifs is 3. The van der Waals surface area contributed by atoms with Gasteiger partial charge in [0.15, 0.2) is 0 Å². The molecule has 2 nitrogen and oxygen atoms in total. The summed E-state index contributed by atoms with van der Waals surface area (Å²) in [4.78, 5) is 15.5. The molecule has 1 aromatic heterocycles. The standard InChI is InChI=1S/C19H17NO/c1-12-15(13-7-3-2-4-8-13)11-16-14-9-5-6-10-17(14)20-19(21)18(12)16/h2-10,12,15H,11H2,1H3,(H,20,21)/t12-,15+/m0/s1. The fourth-order valence-electron chi connectivity index (χ4n) is 3.73. The lowest BCUT2D eigenvalue weighted by Crippen LogP contribution is -2.15. The molecule has 1 heterocycles. The minimum Gasteiger partial charge on any atom is -0.322 e. The molecule has 2 atom stereocenters. The van der Waals surface area contributed by atoms with Crippen molar-refractivity contribution in [2.75, 3.05) is 0 Å². The Bertz CT molecular complexity index is 864. The molecule has 0 saturated heterocycles. The Hall–Kier alpha value is -2.35. The molecule has 1 N–H and O–H groups in total. The lowest BCUT2D eigenvalue weighted by Gasteiger charge is -2.15. The number of hydrogen-bond acceptors (Lipinski definition) is 1. The van der Waals surface area contributed by atoms with Crippen molar-refractivity contribution in [3.63, 3.8) is 0 Å². The zero-order valence-electron chi connectivity index (χ0n) is 12.0. The monoisotopic (exact) mass is 275 g/mol. The minimum atomic E-state index is 0.0784. The van der Waals surface area contributed by atoms with Gasteiger partial charge in [0.25, 0.3) is 5.56 Å². The van der Waals surface area contributed by atoms with Crippen LogP contribution in [-0.4, -0.2) is 4.98 Å². The molecule has 0 bridgehead atoms. The quantitative estimate of drug-likeness (QED) is 0.716. The van der Waals surface area contributed by atoms with E-state index in [1.165, 1.54) is 16.5 Å². The number of nitrogens with one attached hydrogen (secondary N) is 1. The third-order valence-electron chi connectivity index (χ3n) is 4.78. The summed E-state index contributed by atoms with van der Waals surface area (Å²) in [7, 11) is 0. The zero-order chi connectivity index (χ0) is 14.4. The maximum absolute atomic E-state index is 12.5. The summed E-state index contributed by atoms with van der Waals surface area (Å²) >= 11 is 0. The number of benzene rings is 2. The van der Waals surface area contributed by atoms with Crippen molar-refractivity contribution < 1.29 is 0 Å². The smallest absolute Gasteiger partial charge is 0.252 e. The van der Waals surface area contributed by atoms with Crippen molar-refractivity contribution in [1.82, 2.24) is 4.98 Å². The zero-order valence-corrected chi connectivity index (χ0v) is 12.0. The van der Waals surface area contributed by atoms with E-state index in [4.69, 9.17) is 0 Å². The number of pyridine rings is 1. The molecule has 0 unspecified atom stereocenters. The first kappa shape index (κ1) is 12.4. The highest BCUT2D eigenvalue weighted by atomic mass is 16.1. The second kappa shape index (κ2) is 4.59. The normalized spacial score (nSPS) is 20.6. The lowest BCUT2D eigenvalue weighted by molar-refractivity contribution is 0.623. The fourth-order valence-corrected chi connectivity index (χ4v) is 3.73. The van der Waals surface area contributed by atoms with Crippen molar-refractivity contribution in [1.29, 1.82) is 0 Å². The van der Waals surface area contributed by atoms with E-state index in [9.17, 15) is 4.79 Å². The first-order valence-corrected chi connectivity index (χ1v) is 7.44. The first-order chi connectivity index (χ1) is 10.3. The van der Waals surface area contributed by atoms with Crippen LogP contribution in [-0.2, 0) is 6.42 Å². The number of para-hydroxylation sites is 1. The first-order valence-electron chi connectivity index (χ1n) is 7.44. The van der Waals surface area contributed by atoms with Crippen LogP contribution in [0.15, 0.2) is 59.4 Å². The van der Waals surface area contributed by atoms with Crippen LogP contribution in [0.5, 0.6) is 0 Å². The van der Waals surface area contributed by atoms with E-state index in [-0.39, 0.29) is 11.5 Å². The van der Waals surface area contributed by atoms with Crippen molar-refractivity contribution in [2.45, 2.75) is 25.2 Å². The summed E-state index contributed by atoms with van der Waals surface area (Å²) < 4.78 is 0. The van der Waals surface area contributed by atoms with Gasteiger partial charge in [-0.3, -0.25) is 4.79 Å². The number of H-pyrrole nitrogens is 1. The van der Waals surface area contributed by atoms with Crippen LogP contribution in [0.25, 0.3) is 10.9 Å². The van der Waals surface area contributed by atoms with E-state index in [0.717, 1.165) is 17.5 Å². The molecule has 2 aromatic carbocycles. The van der Waals surface area contributed by atoms with Crippen LogP contribution in [0.2, 0.25) is 0 Å². The molecule has 104 valence electrons. The molecule has 1 aliphatic carbocycles. The van der Waals surface area contributed by atoms with Gasteiger partial charge >= 0.3 is 0 Å². The number of aromatic amines is 1. The highest BCUT2D eigenvalue weighted by Gasteiger charge is 2.33. The van der Waals surface area contributed by atoms with Gasteiger partial charge in [-0.05, 0) is 35.4 Å². The van der Waals surface area contributed by atoms with Crippen molar-refractivity contribution in [3.05, 3.63) is 81.6 Å². The number of rotatable bonds is 1. The molecular formula is C19H17NO. The summed E-state index contributed by atoms with van der Waals surface area (Å²) in [6.07, 6.45) is 0.949. The second-order valence-corrected chi connectivity index (χ2v) is 5.90. The largest absolute Gasteiger partial charge is 0.322 e. The topological polar surface area (TPSA) is 32.9 Å². The Morgan fingerprint density at radius 2 is 1.71 bits per heavy atom. The van der Waals surface area contributed by atoms with Crippen molar-refractivity contribution in [2.24, 2.45) is 0 Å². The van der Waals surface area contributed by atoms with Crippen LogP contribution in [0.3, 0.4) is 0 Å². The summed E-state index contributed by atoms with van der Waals surface area (Å²) in [5.74, 6) is 0.656. The van der Waals surface area contributed by atoms with Gasteiger partial charge in [0.2, 0.25) is 0 Å². The molecule has 21 heavy (non-hydrogen) atoms. The van der Waals surface area contributed by atoms with E-state index < -0.39 is 0 Å². The predicted octanol–water partition coefficient (Wildman–Crippen LogP) is 3.97. The molecule has 2 heteroatoms. The highest BCUT2D eigenvalue weighted by Crippen LogP contribution is 2.43. The molecule has 4 rings (SSSR count). The molecule has 1 aliphatic rings. The summed E-state index contributed by atoms with van der Waals surface area (Å²) in [5.41, 5.74) is 4.56. The van der Waals surface area contributed by atoms with Gasteiger partial charge in [-0.25, -0.2) is 0 Å². The average molecular weight is 275 g/mol. The third-order valence-corrected chi connectivity index (χ3v) is 4.78. The predicted molar refractivity (Wildman–Crippen MR) is 85.9 cm³/mol. The van der Waals surface area contributed by atoms with E-state index in [1.807, 2.05) is 24.3 Å². The summed E-state index contributed by atoms with van der Waals surface area (Å²) in [5, 5.41) is 1.19. The molecule has 0 fully saturated rings. The summed E-state index contributed by atoms with van der Waals surface area (Å²) in [6, 6.07) is 18.6. The van der Waals surface area contributed by atoms with Gasteiger partial charge in [0, 0.05) is 16.5 Å². The molecule has 0 spiro atoms. The third kappa shape index (κ3) is 1.83. The molecular weight excluding hydrogens is 258 g/mol. The summed E-state index contributed by atoms with van der Waals surface area (Å²) in [6.45, 7) is 2.17. The van der Waals surface area contributed by atoms with Gasteiger partial charge in [-0.1, -0.05) is 55.5 Å². The van der Waals surface area contributed by atoms with Crippen LogP contribution >= 0.6 is 0 Å². The van der Waals surface area contributed by atoms with E-state index in [2.05, 4.69) is 42.2 Å². The minimum absolute atomic E-state index is 0.0784. The van der Waals surface area contributed by atoms with Gasteiger partial charge < -0.3 is 4.98 Å². The number of aromatic nitrogens is 1. The Morgan fingerprint density at radius 3 is 2.52 bits per heavy atom. The number of hydrogen-bond donors (Lipinski definition) is 1. The van der Waals surface area contributed by atoms with Gasteiger partial charge in [0.1, 0.15) is 0 Å². The van der Waals surface area contributed by atoms with Crippen LogP contribution in [0, 0.1) is 0 Å². The van der Waals surface area contributed by atoms with Crippen LogP contribution < -0.4 is 5.56 Å². The van der Waals surface area contributed by atoms with E-state index in [1.54, 1.807) is 0 Å². The molecule has 0 radical (unpaired) electrons. The molecule has 0 saturated carbocycles. The van der Waals surface area contributed by atoms with Gasteiger partial charge in [0.05, 0.1) is 0 Å². The van der Waals surface area contributed by atoms with Crippen molar-refractivity contribution >= 4 is 10.9 Å². The second-order valence-electron chi connectivity index (χ2n) is 5.90. The van der Waals surface area contributed by atoms with E-state index >= 15 is 0 Å². The van der Waals surface area contributed by atoms with Gasteiger partial charge in [-0.15, -0.1) is 0 Å². The molecule has 0 aliphatic heterocycles. The fraction of sp³-hybridized carbons (Fsp3) is 0.211. The Labute approximate surface area is 123 Å². The molecule has 0 amide bonds. The van der Waals surface area contributed by atoms with Crippen LogP contribution in [0.4, 0.5) is 0 Å². The maximum Gasteiger partial charge on any atom is 0.252 e. The Morgan fingerprint density at radius 1 is 1.00 bits per heavy atom. The molecule has 3 aromatic rings. The Kier molecular flexibility index (Phi) is 2.71. The van der Waals surface area contributed by atoms with Crippen LogP contribution in [0.1, 0.15) is 35.4 Å². The Balaban J connectivity index is 1.93. The van der Waals surface area contributed by atoms with E-state index in [0.29, 0.717) is 5.92 Å².